The Morgan fingerprint density at radius 3 is 3.00 bits per heavy atom. The molecule has 0 spiro atoms. The Morgan fingerprint density at radius 1 is 1.47 bits per heavy atom. The lowest BCUT2D eigenvalue weighted by atomic mass is 10.1. The molecule has 0 aliphatic carbocycles. The van der Waals surface area contributed by atoms with Gasteiger partial charge in [0.05, 0.1) is 25.9 Å². The second kappa shape index (κ2) is 7.19. The first kappa shape index (κ1) is 14.7. The van der Waals surface area contributed by atoms with Crippen LogP contribution in [-0.4, -0.2) is 75.0 Å². The van der Waals surface area contributed by atoms with Crippen LogP contribution in [0.4, 0.5) is 0 Å². The molecule has 6 nitrogen and oxygen atoms in total. The molecular formula is C13H25N3O3. The molecule has 2 saturated heterocycles. The molecule has 2 fully saturated rings. The van der Waals surface area contributed by atoms with E-state index in [0.717, 1.165) is 32.8 Å². The summed E-state index contributed by atoms with van der Waals surface area (Å²) in [5, 5.41) is 6.28. The first-order valence-electron chi connectivity index (χ1n) is 7.11. The molecule has 0 aromatic carbocycles. The third-order valence-electron chi connectivity index (χ3n) is 3.42. The number of rotatable bonds is 4. The molecule has 0 aromatic heterocycles. The molecule has 19 heavy (non-hydrogen) atoms. The van der Waals surface area contributed by atoms with Crippen LogP contribution in [0.1, 0.15) is 13.8 Å². The Kier molecular flexibility index (Phi) is 5.57. The van der Waals surface area contributed by atoms with Crippen LogP contribution in [0.25, 0.3) is 0 Å². The minimum absolute atomic E-state index is 0.0541. The fourth-order valence-corrected chi connectivity index (χ4v) is 2.48. The highest BCUT2D eigenvalue weighted by molar-refractivity contribution is 5.82. The summed E-state index contributed by atoms with van der Waals surface area (Å²) < 4.78 is 11.2. The van der Waals surface area contributed by atoms with Gasteiger partial charge in [0.1, 0.15) is 6.04 Å². The van der Waals surface area contributed by atoms with Crippen molar-refractivity contribution in [2.45, 2.75) is 32.0 Å². The zero-order chi connectivity index (χ0) is 13.7. The molecule has 110 valence electrons. The summed E-state index contributed by atoms with van der Waals surface area (Å²) in [5.41, 5.74) is 0. The minimum Gasteiger partial charge on any atom is -0.378 e. The van der Waals surface area contributed by atoms with Gasteiger partial charge < -0.3 is 20.1 Å². The Labute approximate surface area is 114 Å². The average molecular weight is 271 g/mol. The van der Waals surface area contributed by atoms with Gasteiger partial charge in [0.15, 0.2) is 0 Å². The molecule has 1 amide bonds. The first-order chi connectivity index (χ1) is 9.16. The molecule has 2 unspecified atom stereocenters. The van der Waals surface area contributed by atoms with E-state index in [1.54, 1.807) is 0 Å². The maximum absolute atomic E-state index is 12.2. The molecule has 2 rings (SSSR count). The van der Waals surface area contributed by atoms with E-state index in [1.807, 2.05) is 13.8 Å². The fraction of sp³-hybridized carbons (Fsp3) is 0.923. The summed E-state index contributed by atoms with van der Waals surface area (Å²) >= 11 is 0. The van der Waals surface area contributed by atoms with Gasteiger partial charge in [-0.25, -0.2) is 0 Å². The number of carbonyl (C=O) groups is 1. The van der Waals surface area contributed by atoms with Gasteiger partial charge in [0, 0.05) is 32.2 Å². The number of nitrogens with one attached hydrogen (secondary N) is 2. The van der Waals surface area contributed by atoms with Crippen molar-refractivity contribution in [3.63, 3.8) is 0 Å². The Hall–Kier alpha value is -0.690. The summed E-state index contributed by atoms with van der Waals surface area (Å²) in [6.07, 6.45) is 0.168. The fourth-order valence-electron chi connectivity index (χ4n) is 2.48. The predicted molar refractivity (Wildman–Crippen MR) is 72.1 cm³/mol. The number of ether oxygens (including phenoxy) is 2. The maximum Gasteiger partial charge on any atom is 0.239 e. The highest BCUT2D eigenvalue weighted by Crippen LogP contribution is 2.10. The highest BCUT2D eigenvalue weighted by Gasteiger charge is 2.31. The molecule has 6 heteroatoms. The largest absolute Gasteiger partial charge is 0.378 e. The molecule has 0 saturated carbocycles. The Morgan fingerprint density at radius 2 is 2.32 bits per heavy atom. The van der Waals surface area contributed by atoms with Crippen molar-refractivity contribution in [3.8, 4) is 0 Å². The van der Waals surface area contributed by atoms with Gasteiger partial charge >= 0.3 is 0 Å². The molecule has 0 aromatic rings. The highest BCUT2D eigenvalue weighted by atomic mass is 16.5. The van der Waals surface area contributed by atoms with E-state index < -0.39 is 0 Å². The number of morpholine rings is 2. The second-order valence-electron chi connectivity index (χ2n) is 5.45. The van der Waals surface area contributed by atoms with Gasteiger partial charge in [0.25, 0.3) is 0 Å². The van der Waals surface area contributed by atoms with Gasteiger partial charge in [0.2, 0.25) is 5.91 Å². The molecule has 2 aliphatic rings. The summed E-state index contributed by atoms with van der Waals surface area (Å²) in [5.74, 6) is 0.0541. The van der Waals surface area contributed by atoms with E-state index in [2.05, 4.69) is 15.5 Å². The van der Waals surface area contributed by atoms with Gasteiger partial charge in [-0.1, -0.05) is 0 Å². The SMILES string of the molecule is CC(C)NC(=O)C1COCCN1CC1CNCCO1. The predicted octanol–water partition coefficient (Wildman–Crippen LogP) is -0.800. The van der Waals surface area contributed by atoms with E-state index in [9.17, 15) is 4.79 Å². The summed E-state index contributed by atoms with van der Waals surface area (Å²) in [4.78, 5) is 14.4. The monoisotopic (exact) mass is 271 g/mol. The number of nitrogens with zero attached hydrogens (tertiary/aromatic N) is 1. The standard InChI is InChI=1S/C13H25N3O3/c1-10(2)15-13(17)12-9-18-6-4-16(12)8-11-7-14-3-5-19-11/h10-12,14H,3-9H2,1-2H3,(H,15,17). The van der Waals surface area contributed by atoms with Crippen LogP contribution in [0.3, 0.4) is 0 Å². The van der Waals surface area contributed by atoms with Gasteiger partial charge in [-0.05, 0) is 13.8 Å². The molecule has 0 bridgehead atoms. The van der Waals surface area contributed by atoms with E-state index >= 15 is 0 Å². The lowest BCUT2D eigenvalue weighted by Crippen LogP contribution is -2.58. The lowest BCUT2D eigenvalue weighted by Gasteiger charge is -2.37. The minimum atomic E-state index is -0.193. The Balaban J connectivity index is 1.89. The van der Waals surface area contributed by atoms with Crippen LogP contribution < -0.4 is 10.6 Å². The van der Waals surface area contributed by atoms with Crippen LogP contribution in [0.2, 0.25) is 0 Å². The number of hydrogen-bond donors (Lipinski definition) is 2. The van der Waals surface area contributed by atoms with Crippen molar-refractivity contribution in [3.05, 3.63) is 0 Å². The lowest BCUT2D eigenvalue weighted by molar-refractivity contribution is -0.135. The molecule has 2 atom stereocenters. The van der Waals surface area contributed by atoms with Gasteiger partial charge in [-0.3, -0.25) is 9.69 Å². The molecule has 2 aliphatic heterocycles. The van der Waals surface area contributed by atoms with Crippen molar-refractivity contribution >= 4 is 5.91 Å². The molecular weight excluding hydrogens is 246 g/mol. The summed E-state index contributed by atoms with van der Waals surface area (Å²) in [7, 11) is 0. The van der Waals surface area contributed by atoms with Gasteiger partial charge in [-0.2, -0.15) is 0 Å². The maximum atomic E-state index is 12.2. The zero-order valence-corrected chi connectivity index (χ0v) is 11.9. The van der Waals surface area contributed by atoms with Crippen LogP contribution in [-0.2, 0) is 14.3 Å². The van der Waals surface area contributed by atoms with Crippen molar-refractivity contribution in [1.82, 2.24) is 15.5 Å². The third kappa shape index (κ3) is 4.42. The van der Waals surface area contributed by atoms with Crippen LogP contribution in [0, 0.1) is 0 Å². The van der Waals surface area contributed by atoms with Crippen molar-refractivity contribution in [2.24, 2.45) is 0 Å². The van der Waals surface area contributed by atoms with Gasteiger partial charge in [-0.15, -0.1) is 0 Å². The molecule has 0 radical (unpaired) electrons. The summed E-state index contributed by atoms with van der Waals surface area (Å²) in [6, 6.07) is -0.0365. The molecule has 2 heterocycles. The van der Waals surface area contributed by atoms with Crippen LogP contribution in [0.15, 0.2) is 0 Å². The van der Waals surface area contributed by atoms with E-state index in [-0.39, 0.29) is 24.1 Å². The molecule has 2 N–H and O–H groups in total. The topological polar surface area (TPSA) is 62.8 Å². The van der Waals surface area contributed by atoms with Crippen molar-refractivity contribution in [2.75, 3.05) is 46.0 Å². The summed E-state index contributed by atoms with van der Waals surface area (Å²) in [6.45, 7) is 9.19. The van der Waals surface area contributed by atoms with Crippen LogP contribution >= 0.6 is 0 Å². The van der Waals surface area contributed by atoms with E-state index in [0.29, 0.717) is 13.2 Å². The van der Waals surface area contributed by atoms with E-state index in [4.69, 9.17) is 9.47 Å². The average Bonchev–Trinajstić information content (AvgIpc) is 2.39. The quantitative estimate of drug-likeness (QED) is 0.701. The third-order valence-corrected chi connectivity index (χ3v) is 3.42. The van der Waals surface area contributed by atoms with Crippen molar-refractivity contribution in [1.29, 1.82) is 0 Å². The first-order valence-corrected chi connectivity index (χ1v) is 7.11. The second-order valence-corrected chi connectivity index (χ2v) is 5.45. The number of carbonyl (C=O) groups excluding carboxylic acids is 1. The normalized spacial score (nSPS) is 29.4. The van der Waals surface area contributed by atoms with Crippen LogP contribution in [0.5, 0.6) is 0 Å². The smallest absolute Gasteiger partial charge is 0.239 e. The zero-order valence-electron chi connectivity index (χ0n) is 11.9. The number of hydrogen-bond acceptors (Lipinski definition) is 5. The van der Waals surface area contributed by atoms with E-state index in [1.165, 1.54) is 0 Å². The van der Waals surface area contributed by atoms with Crippen molar-refractivity contribution < 1.29 is 14.3 Å². The number of amides is 1. The Bertz CT molecular complexity index is 293.